The van der Waals surface area contributed by atoms with Crippen molar-refractivity contribution in [3.63, 3.8) is 0 Å². The first-order chi connectivity index (χ1) is 12.5. The van der Waals surface area contributed by atoms with Crippen molar-refractivity contribution in [2.75, 3.05) is 13.2 Å². The summed E-state index contributed by atoms with van der Waals surface area (Å²) in [5.74, 6) is 0.880. The zero-order chi connectivity index (χ0) is 18.8. The number of hydrogen-bond donors (Lipinski definition) is 1. The maximum absolute atomic E-state index is 12.9. The van der Waals surface area contributed by atoms with Crippen LogP contribution >= 0.6 is 0 Å². The first kappa shape index (κ1) is 17.7. The summed E-state index contributed by atoms with van der Waals surface area (Å²) >= 11 is 0. The van der Waals surface area contributed by atoms with E-state index in [-0.39, 0.29) is 30.0 Å². The van der Waals surface area contributed by atoms with Crippen molar-refractivity contribution in [2.24, 2.45) is 0 Å². The summed E-state index contributed by atoms with van der Waals surface area (Å²) < 4.78 is 20.8. The molecule has 26 heavy (non-hydrogen) atoms. The number of hydrogen-bond acceptors (Lipinski definition) is 4. The van der Waals surface area contributed by atoms with Crippen molar-refractivity contribution < 1.29 is 13.6 Å². The van der Waals surface area contributed by atoms with Crippen molar-refractivity contribution in [1.29, 1.82) is 0 Å². The van der Waals surface area contributed by atoms with Crippen LogP contribution in [0.3, 0.4) is 0 Å². The molecular formula is C18H19FN4O3. The highest BCUT2D eigenvalue weighted by Gasteiger charge is 2.18. The van der Waals surface area contributed by atoms with Gasteiger partial charge in [0.1, 0.15) is 23.9 Å². The van der Waals surface area contributed by atoms with Gasteiger partial charge in [0.25, 0.3) is 11.5 Å². The lowest BCUT2D eigenvalue weighted by Gasteiger charge is -2.11. The van der Waals surface area contributed by atoms with E-state index in [0.717, 1.165) is 11.3 Å². The summed E-state index contributed by atoms with van der Waals surface area (Å²) in [6, 6.07) is 1.85. The number of allylic oxidation sites excluding steroid dienone is 1. The van der Waals surface area contributed by atoms with Crippen molar-refractivity contribution in [1.82, 2.24) is 19.3 Å². The van der Waals surface area contributed by atoms with E-state index in [1.807, 2.05) is 19.9 Å². The van der Waals surface area contributed by atoms with Gasteiger partial charge in [0.15, 0.2) is 0 Å². The van der Waals surface area contributed by atoms with Crippen LogP contribution in [0.2, 0.25) is 0 Å². The van der Waals surface area contributed by atoms with E-state index in [1.165, 1.54) is 15.2 Å². The maximum Gasteiger partial charge on any atom is 0.295 e. The minimum absolute atomic E-state index is 0.0537. The molecule has 0 fully saturated rings. The van der Waals surface area contributed by atoms with Gasteiger partial charge < -0.3 is 9.73 Å². The fourth-order valence-electron chi connectivity index (χ4n) is 2.85. The molecule has 0 bridgehead atoms. The Kier molecular flexibility index (Phi) is 4.75. The van der Waals surface area contributed by atoms with E-state index >= 15 is 0 Å². The average Bonchev–Trinajstić information content (AvgIpc) is 3.18. The second-order valence-electron chi connectivity index (χ2n) is 5.85. The maximum atomic E-state index is 12.9. The quantitative estimate of drug-likeness (QED) is 0.685. The number of halogens is 1. The summed E-state index contributed by atoms with van der Waals surface area (Å²) in [6.07, 6.45) is 4.78. The summed E-state index contributed by atoms with van der Waals surface area (Å²) in [5, 5.41) is 2.40. The van der Waals surface area contributed by atoms with Gasteiger partial charge >= 0.3 is 0 Å². The van der Waals surface area contributed by atoms with Gasteiger partial charge in [0.05, 0.1) is 5.69 Å². The lowest BCUT2D eigenvalue weighted by Crippen LogP contribution is -2.26. The fraction of sp³-hybridized carbons (Fsp3) is 0.278. The Labute approximate surface area is 148 Å². The molecule has 0 aliphatic rings. The van der Waals surface area contributed by atoms with Crippen molar-refractivity contribution in [2.45, 2.75) is 20.4 Å². The van der Waals surface area contributed by atoms with Crippen LogP contribution < -0.4 is 10.9 Å². The zero-order valence-electron chi connectivity index (χ0n) is 14.6. The van der Waals surface area contributed by atoms with E-state index < -0.39 is 12.6 Å². The van der Waals surface area contributed by atoms with Gasteiger partial charge in [-0.25, -0.2) is 9.37 Å². The van der Waals surface area contributed by atoms with E-state index in [4.69, 9.17) is 4.42 Å². The summed E-state index contributed by atoms with van der Waals surface area (Å²) in [6.45, 7) is 6.85. The standard InChI is InChI=1S/C18H19FN4O3/c1-4-7-23-15(13-8-11(2)26-12(13)3)10-22-9-14(17(24)20-6-5-19)21-16(22)18(23)25/h4,8-10H,1,5-7H2,2-3H3,(H,20,24). The number of amides is 1. The molecule has 0 spiro atoms. The van der Waals surface area contributed by atoms with Gasteiger partial charge in [0.2, 0.25) is 5.65 Å². The molecule has 0 radical (unpaired) electrons. The summed E-state index contributed by atoms with van der Waals surface area (Å²) in [7, 11) is 0. The number of furan rings is 1. The second-order valence-corrected chi connectivity index (χ2v) is 5.85. The van der Waals surface area contributed by atoms with Crippen LogP contribution in [-0.2, 0) is 6.54 Å². The van der Waals surface area contributed by atoms with Crippen molar-refractivity contribution in [3.8, 4) is 11.3 Å². The number of nitrogens with one attached hydrogen (secondary N) is 1. The Balaban J connectivity index is 2.20. The molecule has 3 aromatic heterocycles. The van der Waals surface area contributed by atoms with Gasteiger partial charge in [-0.3, -0.25) is 18.6 Å². The number of carbonyl (C=O) groups excluding carboxylic acids is 1. The molecule has 0 aromatic carbocycles. The number of nitrogens with zero attached hydrogens (tertiary/aromatic N) is 3. The molecule has 7 nitrogen and oxygen atoms in total. The van der Waals surface area contributed by atoms with E-state index in [9.17, 15) is 14.0 Å². The number of imidazole rings is 1. The van der Waals surface area contributed by atoms with Crippen molar-refractivity contribution in [3.05, 3.63) is 58.7 Å². The lowest BCUT2D eigenvalue weighted by molar-refractivity contribution is 0.0946. The van der Waals surface area contributed by atoms with Gasteiger partial charge in [-0.15, -0.1) is 6.58 Å². The molecule has 0 aliphatic carbocycles. The van der Waals surface area contributed by atoms with E-state index in [0.29, 0.717) is 11.5 Å². The number of aromatic nitrogens is 3. The third kappa shape index (κ3) is 3.05. The Morgan fingerprint density at radius 3 is 2.81 bits per heavy atom. The Bertz CT molecular complexity index is 1040. The van der Waals surface area contributed by atoms with E-state index in [1.54, 1.807) is 12.3 Å². The predicted molar refractivity (Wildman–Crippen MR) is 95.1 cm³/mol. The normalized spacial score (nSPS) is 11.0. The largest absolute Gasteiger partial charge is 0.466 e. The summed E-state index contributed by atoms with van der Waals surface area (Å²) in [5.41, 5.74) is 1.22. The molecule has 136 valence electrons. The SMILES string of the molecule is C=CCn1c(-c2cc(C)oc2C)cn2cc(C(=O)NCCF)nc2c1=O. The van der Waals surface area contributed by atoms with Gasteiger partial charge in [-0.1, -0.05) is 6.08 Å². The molecule has 0 saturated carbocycles. The Hall–Kier alpha value is -3.16. The van der Waals surface area contributed by atoms with Crippen LogP contribution in [-0.4, -0.2) is 33.1 Å². The van der Waals surface area contributed by atoms with Gasteiger partial charge in [-0.2, -0.15) is 0 Å². The number of fused-ring (bicyclic) bond motifs is 1. The van der Waals surface area contributed by atoms with Crippen LogP contribution in [0.1, 0.15) is 22.0 Å². The number of rotatable bonds is 6. The topological polar surface area (TPSA) is 81.5 Å². The summed E-state index contributed by atoms with van der Waals surface area (Å²) in [4.78, 5) is 29.0. The number of aryl methyl sites for hydroxylation is 2. The third-order valence-electron chi connectivity index (χ3n) is 3.96. The van der Waals surface area contributed by atoms with Crippen LogP contribution in [0.25, 0.3) is 16.9 Å². The Morgan fingerprint density at radius 2 is 2.19 bits per heavy atom. The number of alkyl halides is 1. The second kappa shape index (κ2) is 6.99. The molecule has 1 N–H and O–H groups in total. The average molecular weight is 358 g/mol. The predicted octanol–water partition coefficient (Wildman–Crippen LogP) is 2.26. The van der Waals surface area contributed by atoms with Crippen molar-refractivity contribution >= 4 is 11.6 Å². The number of carbonyl (C=O) groups is 1. The van der Waals surface area contributed by atoms with Crippen LogP contribution in [0, 0.1) is 13.8 Å². The Morgan fingerprint density at radius 1 is 1.42 bits per heavy atom. The zero-order valence-corrected chi connectivity index (χ0v) is 14.6. The monoisotopic (exact) mass is 358 g/mol. The highest BCUT2D eigenvalue weighted by atomic mass is 19.1. The molecule has 3 rings (SSSR count). The first-order valence-electron chi connectivity index (χ1n) is 8.11. The highest BCUT2D eigenvalue weighted by Crippen LogP contribution is 2.26. The first-order valence-corrected chi connectivity index (χ1v) is 8.11. The molecule has 3 heterocycles. The minimum Gasteiger partial charge on any atom is -0.466 e. The van der Waals surface area contributed by atoms with Crippen LogP contribution in [0.5, 0.6) is 0 Å². The molecule has 0 aliphatic heterocycles. The lowest BCUT2D eigenvalue weighted by atomic mass is 10.2. The third-order valence-corrected chi connectivity index (χ3v) is 3.96. The highest BCUT2D eigenvalue weighted by molar-refractivity contribution is 5.92. The van der Waals surface area contributed by atoms with Crippen LogP contribution in [0.4, 0.5) is 4.39 Å². The fourth-order valence-corrected chi connectivity index (χ4v) is 2.85. The molecule has 3 aromatic rings. The molecule has 8 heteroatoms. The minimum atomic E-state index is -0.672. The van der Waals surface area contributed by atoms with Gasteiger partial charge in [0, 0.05) is 31.0 Å². The van der Waals surface area contributed by atoms with E-state index in [2.05, 4.69) is 16.9 Å². The smallest absolute Gasteiger partial charge is 0.295 e. The molecule has 0 atom stereocenters. The molecule has 0 saturated heterocycles. The molecule has 1 amide bonds. The van der Waals surface area contributed by atoms with Gasteiger partial charge in [-0.05, 0) is 19.9 Å². The molecular weight excluding hydrogens is 339 g/mol. The molecule has 0 unspecified atom stereocenters. The van der Waals surface area contributed by atoms with Crippen LogP contribution in [0.15, 0.2) is 40.3 Å².